The topological polar surface area (TPSA) is 106 Å². The Morgan fingerprint density at radius 1 is 1.12 bits per heavy atom. The standard InChI is InChI=1S/C22H21N3O5S2/c1-14-19(21(27)30-2)31-22(23-14)24-20(26)16-8-5-9-18(12-16)32(28,29)25-11-10-15-6-3-4-7-17(15)13-25/h3-9,12H,10-11,13H2,1-2H3,(H,23,24,26). The first-order valence-electron chi connectivity index (χ1n) is 9.83. The molecule has 2 heterocycles. The van der Waals surface area contributed by atoms with E-state index < -0.39 is 21.9 Å². The SMILES string of the molecule is COC(=O)c1sc(NC(=O)c2cccc(S(=O)(=O)N3CCc4ccccc4C3)c2)nc1C. The molecule has 8 nitrogen and oxygen atoms in total. The van der Waals surface area contributed by atoms with Crippen molar-refractivity contribution >= 4 is 38.4 Å². The number of aryl methyl sites for hydroxylation is 1. The monoisotopic (exact) mass is 471 g/mol. The summed E-state index contributed by atoms with van der Waals surface area (Å²) in [5, 5.41) is 2.85. The van der Waals surface area contributed by atoms with Crippen molar-refractivity contribution in [2.45, 2.75) is 24.8 Å². The van der Waals surface area contributed by atoms with Crippen molar-refractivity contribution in [1.29, 1.82) is 0 Å². The number of carbonyl (C=O) groups is 2. The lowest BCUT2D eigenvalue weighted by atomic mass is 10.0. The number of esters is 1. The van der Waals surface area contributed by atoms with E-state index in [1.165, 1.54) is 35.7 Å². The van der Waals surface area contributed by atoms with Crippen LogP contribution in [0, 0.1) is 6.92 Å². The Hall–Kier alpha value is -3.08. The third-order valence-electron chi connectivity index (χ3n) is 5.22. The van der Waals surface area contributed by atoms with Gasteiger partial charge in [-0.3, -0.25) is 10.1 Å². The van der Waals surface area contributed by atoms with Gasteiger partial charge in [-0.1, -0.05) is 41.7 Å². The summed E-state index contributed by atoms with van der Waals surface area (Å²) in [6.45, 7) is 2.32. The lowest BCUT2D eigenvalue weighted by Crippen LogP contribution is -2.36. The molecule has 0 bridgehead atoms. The third kappa shape index (κ3) is 4.29. The lowest BCUT2D eigenvalue weighted by Gasteiger charge is -2.28. The zero-order valence-electron chi connectivity index (χ0n) is 17.5. The molecule has 32 heavy (non-hydrogen) atoms. The van der Waals surface area contributed by atoms with Crippen LogP contribution in [0.4, 0.5) is 5.13 Å². The van der Waals surface area contributed by atoms with E-state index in [2.05, 4.69) is 10.3 Å². The summed E-state index contributed by atoms with van der Waals surface area (Å²) in [4.78, 5) is 29.0. The number of methoxy groups -OCH3 is 1. The maximum atomic E-state index is 13.2. The molecule has 1 aliphatic rings. The highest BCUT2D eigenvalue weighted by Crippen LogP contribution is 2.27. The van der Waals surface area contributed by atoms with Crippen molar-refractivity contribution in [3.05, 3.63) is 75.8 Å². The molecule has 1 amide bonds. The summed E-state index contributed by atoms with van der Waals surface area (Å²) in [6, 6.07) is 13.7. The quantitative estimate of drug-likeness (QED) is 0.573. The van der Waals surface area contributed by atoms with E-state index in [4.69, 9.17) is 4.74 Å². The summed E-state index contributed by atoms with van der Waals surface area (Å²) in [6.07, 6.45) is 0.640. The summed E-state index contributed by atoms with van der Waals surface area (Å²) in [5.74, 6) is -1.05. The molecule has 0 radical (unpaired) electrons. The van der Waals surface area contributed by atoms with Crippen molar-refractivity contribution in [3.8, 4) is 0 Å². The fourth-order valence-electron chi connectivity index (χ4n) is 3.52. The highest BCUT2D eigenvalue weighted by atomic mass is 32.2. The number of hydrogen-bond acceptors (Lipinski definition) is 7. The second-order valence-electron chi connectivity index (χ2n) is 7.26. The van der Waals surface area contributed by atoms with Gasteiger partial charge in [0.1, 0.15) is 4.88 Å². The molecule has 0 saturated heterocycles. The molecule has 0 fully saturated rings. The summed E-state index contributed by atoms with van der Waals surface area (Å²) >= 11 is 0.997. The number of anilines is 1. The molecule has 0 atom stereocenters. The summed E-state index contributed by atoms with van der Waals surface area (Å²) in [7, 11) is -2.50. The van der Waals surface area contributed by atoms with Crippen LogP contribution in [0.25, 0.3) is 0 Å². The molecule has 0 spiro atoms. The van der Waals surface area contributed by atoms with Gasteiger partial charge in [0.05, 0.1) is 17.7 Å². The van der Waals surface area contributed by atoms with Crippen molar-refractivity contribution in [1.82, 2.24) is 9.29 Å². The van der Waals surface area contributed by atoms with Crippen molar-refractivity contribution in [2.75, 3.05) is 19.0 Å². The molecule has 1 N–H and O–H groups in total. The summed E-state index contributed by atoms with van der Waals surface area (Å²) in [5.41, 5.74) is 2.75. The molecule has 2 aromatic carbocycles. The molecule has 166 valence electrons. The number of aromatic nitrogens is 1. The number of nitrogens with one attached hydrogen (secondary N) is 1. The average molecular weight is 472 g/mol. The molecular weight excluding hydrogens is 450 g/mol. The number of ether oxygens (including phenoxy) is 1. The number of sulfonamides is 1. The van der Waals surface area contributed by atoms with Gasteiger partial charge in [0.2, 0.25) is 10.0 Å². The summed E-state index contributed by atoms with van der Waals surface area (Å²) < 4.78 is 32.6. The largest absolute Gasteiger partial charge is 0.465 e. The van der Waals surface area contributed by atoms with Crippen molar-refractivity contribution in [3.63, 3.8) is 0 Å². The first kappa shape index (κ1) is 22.1. The number of fused-ring (bicyclic) bond motifs is 1. The fraction of sp³-hybridized carbons (Fsp3) is 0.227. The Bertz CT molecular complexity index is 1300. The van der Waals surface area contributed by atoms with Crippen molar-refractivity contribution < 1.29 is 22.7 Å². The molecule has 0 unspecified atom stereocenters. The van der Waals surface area contributed by atoms with Crippen molar-refractivity contribution in [2.24, 2.45) is 0 Å². The Labute approximate surface area is 189 Å². The highest BCUT2D eigenvalue weighted by molar-refractivity contribution is 7.89. The molecule has 10 heteroatoms. The van der Waals surface area contributed by atoms with E-state index in [0.717, 1.165) is 22.5 Å². The molecule has 0 aliphatic carbocycles. The first-order valence-corrected chi connectivity index (χ1v) is 12.1. The van der Waals surface area contributed by atoms with Crippen LogP contribution in [-0.2, 0) is 27.7 Å². The third-order valence-corrected chi connectivity index (χ3v) is 8.11. The van der Waals surface area contributed by atoms with Gasteiger partial charge in [-0.15, -0.1) is 0 Å². The number of benzene rings is 2. The number of rotatable bonds is 5. The van der Waals surface area contributed by atoms with Crippen LogP contribution in [0.1, 0.15) is 36.9 Å². The van der Waals surface area contributed by atoms with Gasteiger partial charge in [0.15, 0.2) is 5.13 Å². The molecule has 1 aromatic heterocycles. The van der Waals surface area contributed by atoms with E-state index in [9.17, 15) is 18.0 Å². The Morgan fingerprint density at radius 2 is 1.88 bits per heavy atom. The minimum absolute atomic E-state index is 0.0510. The van der Waals surface area contributed by atoms with Gasteiger partial charge in [-0.05, 0) is 42.7 Å². The van der Waals surface area contributed by atoms with Crippen LogP contribution in [-0.4, -0.2) is 43.2 Å². The number of hydrogen-bond donors (Lipinski definition) is 1. The van der Waals surface area contributed by atoms with Crippen LogP contribution < -0.4 is 5.32 Å². The number of amides is 1. The van der Waals surface area contributed by atoms with Gasteiger partial charge >= 0.3 is 5.97 Å². The molecule has 3 aromatic rings. The highest BCUT2D eigenvalue weighted by Gasteiger charge is 2.29. The Kier molecular flexibility index (Phi) is 6.09. The Morgan fingerprint density at radius 3 is 2.62 bits per heavy atom. The second-order valence-corrected chi connectivity index (χ2v) is 10.2. The Balaban J connectivity index is 1.54. The minimum Gasteiger partial charge on any atom is -0.465 e. The molecule has 0 saturated carbocycles. The van der Waals surface area contributed by atoms with Crippen LogP contribution in [0.5, 0.6) is 0 Å². The number of carbonyl (C=O) groups excluding carboxylic acids is 2. The van der Waals surface area contributed by atoms with Crippen LogP contribution in [0.3, 0.4) is 0 Å². The van der Waals surface area contributed by atoms with Gasteiger partial charge in [-0.25, -0.2) is 18.2 Å². The number of nitrogens with zero attached hydrogens (tertiary/aromatic N) is 2. The average Bonchev–Trinajstić information content (AvgIpc) is 3.18. The van der Waals surface area contributed by atoms with E-state index >= 15 is 0 Å². The maximum Gasteiger partial charge on any atom is 0.350 e. The zero-order chi connectivity index (χ0) is 22.9. The zero-order valence-corrected chi connectivity index (χ0v) is 19.1. The normalized spacial score (nSPS) is 13.9. The van der Waals surface area contributed by atoms with Gasteiger partial charge in [-0.2, -0.15) is 4.31 Å². The first-order chi connectivity index (χ1) is 15.3. The lowest BCUT2D eigenvalue weighted by molar-refractivity contribution is 0.0605. The number of thiazole rings is 1. The molecule has 4 rings (SSSR count). The fourth-order valence-corrected chi connectivity index (χ4v) is 5.87. The van der Waals surface area contributed by atoms with Gasteiger partial charge in [0.25, 0.3) is 5.91 Å². The van der Waals surface area contributed by atoms with E-state index in [1.807, 2.05) is 24.3 Å². The smallest absolute Gasteiger partial charge is 0.350 e. The minimum atomic E-state index is -3.77. The van der Waals surface area contributed by atoms with Gasteiger partial charge in [0, 0.05) is 18.7 Å². The molecule has 1 aliphatic heterocycles. The predicted molar refractivity (Wildman–Crippen MR) is 120 cm³/mol. The molecular formula is C22H21N3O5S2. The van der Waals surface area contributed by atoms with Gasteiger partial charge < -0.3 is 4.74 Å². The van der Waals surface area contributed by atoms with Crippen LogP contribution >= 0.6 is 11.3 Å². The predicted octanol–water partition coefficient (Wildman–Crippen LogP) is 3.24. The van der Waals surface area contributed by atoms with Crippen LogP contribution in [0.15, 0.2) is 53.4 Å². The van der Waals surface area contributed by atoms with E-state index in [0.29, 0.717) is 30.1 Å². The van der Waals surface area contributed by atoms with E-state index in [-0.39, 0.29) is 15.6 Å². The van der Waals surface area contributed by atoms with Crippen LogP contribution in [0.2, 0.25) is 0 Å². The van der Waals surface area contributed by atoms with E-state index in [1.54, 1.807) is 6.92 Å². The second kappa shape index (κ2) is 8.81. The maximum absolute atomic E-state index is 13.2.